The van der Waals surface area contributed by atoms with Gasteiger partial charge in [0.1, 0.15) is 0 Å². The third-order valence-corrected chi connectivity index (χ3v) is 5.52. The first-order valence-corrected chi connectivity index (χ1v) is 10.1. The van der Waals surface area contributed by atoms with Gasteiger partial charge in [0.2, 0.25) is 5.91 Å². The molecule has 3 rings (SSSR count). The van der Waals surface area contributed by atoms with Gasteiger partial charge >= 0.3 is 0 Å². The number of amides is 1. The lowest BCUT2D eigenvalue weighted by molar-refractivity contribution is -0.117. The molecule has 1 atom stereocenters. The van der Waals surface area contributed by atoms with Gasteiger partial charge in [-0.15, -0.1) is 11.3 Å². The van der Waals surface area contributed by atoms with Gasteiger partial charge in [0.15, 0.2) is 0 Å². The summed E-state index contributed by atoms with van der Waals surface area (Å²) in [6, 6.07) is 12.0. The van der Waals surface area contributed by atoms with Crippen molar-refractivity contribution in [2.24, 2.45) is 0 Å². The third kappa shape index (κ3) is 5.54. The van der Waals surface area contributed by atoms with Crippen molar-refractivity contribution < 1.29 is 9.53 Å². The summed E-state index contributed by atoms with van der Waals surface area (Å²) in [5, 5.41) is 5.06. The van der Waals surface area contributed by atoms with Crippen molar-refractivity contribution in [2.75, 3.05) is 25.0 Å². The molecule has 1 N–H and O–H groups in total. The number of thiophene rings is 1. The van der Waals surface area contributed by atoms with Crippen LogP contribution in [-0.4, -0.2) is 36.6 Å². The summed E-state index contributed by atoms with van der Waals surface area (Å²) >= 11 is 3.98. The van der Waals surface area contributed by atoms with Crippen LogP contribution in [0.25, 0.3) is 0 Å². The van der Waals surface area contributed by atoms with E-state index in [2.05, 4.69) is 50.3 Å². The van der Waals surface area contributed by atoms with Crippen LogP contribution in [0.4, 0.5) is 5.69 Å². The van der Waals surface area contributed by atoms with Crippen LogP contribution in [0.5, 0.6) is 0 Å². The van der Waals surface area contributed by atoms with Crippen LogP contribution in [0, 0.1) is 3.57 Å². The Hall–Kier alpha value is -0.960. The highest BCUT2D eigenvalue weighted by Crippen LogP contribution is 2.17. The average molecular weight is 456 g/mol. The number of rotatable bonds is 7. The molecule has 1 aliphatic heterocycles. The standard InChI is InChI=1S/C18H21IN2O2S/c19-14-5-7-15(8-6-14)20-18(22)13-21(11-16-3-1-9-23-16)12-17-4-2-10-24-17/h2,4-8,10,16H,1,3,9,11-13H2,(H,20,22). The van der Waals surface area contributed by atoms with E-state index in [1.807, 2.05) is 24.3 Å². The van der Waals surface area contributed by atoms with Crippen molar-refractivity contribution in [2.45, 2.75) is 25.5 Å². The molecule has 6 heteroatoms. The van der Waals surface area contributed by atoms with Gasteiger partial charge in [-0.2, -0.15) is 0 Å². The smallest absolute Gasteiger partial charge is 0.238 e. The van der Waals surface area contributed by atoms with Crippen molar-refractivity contribution in [3.63, 3.8) is 0 Å². The molecule has 4 nitrogen and oxygen atoms in total. The van der Waals surface area contributed by atoms with E-state index < -0.39 is 0 Å². The maximum atomic E-state index is 12.4. The van der Waals surface area contributed by atoms with E-state index in [1.54, 1.807) is 11.3 Å². The zero-order chi connectivity index (χ0) is 16.8. The van der Waals surface area contributed by atoms with E-state index in [-0.39, 0.29) is 12.0 Å². The van der Waals surface area contributed by atoms with E-state index in [9.17, 15) is 4.79 Å². The van der Waals surface area contributed by atoms with Crippen molar-refractivity contribution in [3.8, 4) is 0 Å². The zero-order valence-electron chi connectivity index (χ0n) is 13.4. The molecule has 1 aromatic heterocycles. The fraction of sp³-hybridized carbons (Fsp3) is 0.389. The topological polar surface area (TPSA) is 41.6 Å². The predicted octanol–water partition coefficient (Wildman–Crippen LogP) is 3.97. The van der Waals surface area contributed by atoms with Crippen LogP contribution in [0.15, 0.2) is 41.8 Å². The molecule has 0 spiro atoms. The highest BCUT2D eigenvalue weighted by Gasteiger charge is 2.21. The molecular formula is C18H21IN2O2S. The third-order valence-electron chi connectivity index (χ3n) is 3.94. The maximum Gasteiger partial charge on any atom is 0.238 e. The summed E-state index contributed by atoms with van der Waals surface area (Å²) in [7, 11) is 0. The van der Waals surface area contributed by atoms with Crippen molar-refractivity contribution in [1.82, 2.24) is 4.90 Å². The van der Waals surface area contributed by atoms with Gasteiger partial charge in [-0.3, -0.25) is 9.69 Å². The summed E-state index contributed by atoms with van der Waals surface area (Å²) in [4.78, 5) is 15.9. The molecule has 128 valence electrons. The van der Waals surface area contributed by atoms with Gasteiger partial charge in [-0.25, -0.2) is 0 Å². The number of anilines is 1. The Morgan fingerprint density at radius 2 is 2.17 bits per heavy atom. The summed E-state index contributed by atoms with van der Waals surface area (Å²) in [6.45, 7) is 2.81. The average Bonchev–Trinajstić information content (AvgIpc) is 3.23. The first kappa shape index (κ1) is 17.8. The number of halogens is 1. The highest BCUT2D eigenvalue weighted by molar-refractivity contribution is 14.1. The number of nitrogens with zero attached hydrogens (tertiary/aromatic N) is 1. The Labute approximate surface area is 160 Å². The van der Waals surface area contributed by atoms with E-state index in [0.717, 1.165) is 41.8 Å². The number of benzene rings is 1. The Balaban J connectivity index is 1.58. The number of nitrogens with one attached hydrogen (secondary N) is 1. The Morgan fingerprint density at radius 1 is 1.33 bits per heavy atom. The van der Waals surface area contributed by atoms with Crippen LogP contribution in [0.2, 0.25) is 0 Å². The first-order chi connectivity index (χ1) is 11.7. The van der Waals surface area contributed by atoms with Crippen LogP contribution < -0.4 is 5.32 Å². The van der Waals surface area contributed by atoms with Crippen LogP contribution in [0.1, 0.15) is 17.7 Å². The monoisotopic (exact) mass is 456 g/mol. The molecule has 0 radical (unpaired) electrons. The maximum absolute atomic E-state index is 12.4. The lowest BCUT2D eigenvalue weighted by Gasteiger charge is -2.24. The number of hydrogen-bond donors (Lipinski definition) is 1. The molecule has 0 saturated carbocycles. The summed E-state index contributed by atoms with van der Waals surface area (Å²) in [6.07, 6.45) is 2.45. The molecule has 1 amide bonds. The van der Waals surface area contributed by atoms with E-state index >= 15 is 0 Å². The second-order valence-corrected chi connectivity index (χ2v) is 8.22. The minimum Gasteiger partial charge on any atom is -0.377 e. The van der Waals surface area contributed by atoms with Crippen molar-refractivity contribution in [1.29, 1.82) is 0 Å². The summed E-state index contributed by atoms with van der Waals surface area (Å²) in [5.41, 5.74) is 0.841. The summed E-state index contributed by atoms with van der Waals surface area (Å²) in [5.74, 6) is 0.0192. The Bertz CT molecular complexity index is 640. The molecule has 0 bridgehead atoms. The first-order valence-electron chi connectivity index (χ1n) is 8.11. The molecule has 1 saturated heterocycles. The normalized spacial score (nSPS) is 17.3. The van der Waals surface area contributed by atoms with E-state index in [1.165, 1.54) is 4.88 Å². The molecule has 2 aromatic rings. The molecule has 1 aromatic carbocycles. The Kier molecular flexibility index (Phi) is 6.65. The second-order valence-electron chi connectivity index (χ2n) is 5.94. The quantitative estimate of drug-likeness (QED) is 0.642. The van der Waals surface area contributed by atoms with Crippen molar-refractivity contribution >= 4 is 45.5 Å². The zero-order valence-corrected chi connectivity index (χ0v) is 16.4. The number of carbonyl (C=O) groups is 1. The van der Waals surface area contributed by atoms with Crippen LogP contribution >= 0.6 is 33.9 Å². The van der Waals surface area contributed by atoms with Crippen molar-refractivity contribution in [3.05, 3.63) is 50.2 Å². The minimum atomic E-state index is 0.0192. The molecular weight excluding hydrogens is 435 g/mol. The van der Waals surface area contributed by atoms with E-state index in [0.29, 0.717) is 6.54 Å². The molecule has 1 fully saturated rings. The lowest BCUT2D eigenvalue weighted by Crippen LogP contribution is -2.37. The van der Waals surface area contributed by atoms with Crippen LogP contribution in [0.3, 0.4) is 0 Å². The Morgan fingerprint density at radius 3 is 2.83 bits per heavy atom. The minimum absolute atomic E-state index is 0.0192. The second kappa shape index (κ2) is 8.94. The molecule has 0 aliphatic carbocycles. The SMILES string of the molecule is O=C(CN(Cc1cccs1)CC1CCCO1)Nc1ccc(I)cc1. The van der Waals surface area contributed by atoms with Gasteiger partial charge in [0.25, 0.3) is 0 Å². The lowest BCUT2D eigenvalue weighted by atomic mass is 10.2. The van der Waals surface area contributed by atoms with Gasteiger partial charge in [0.05, 0.1) is 12.6 Å². The van der Waals surface area contributed by atoms with Gasteiger partial charge < -0.3 is 10.1 Å². The van der Waals surface area contributed by atoms with Crippen LogP contribution in [-0.2, 0) is 16.1 Å². The fourth-order valence-electron chi connectivity index (χ4n) is 2.82. The van der Waals surface area contributed by atoms with Gasteiger partial charge in [-0.1, -0.05) is 6.07 Å². The molecule has 1 unspecified atom stereocenters. The number of carbonyl (C=O) groups excluding carboxylic acids is 1. The molecule has 1 aliphatic rings. The van der Waals surface area contributed by atoms with Gasteiger partial charge in [-0.05, 0) is 71.1 Å². The summed E-state index contributed by atoms with van der Waals surface area (Å²) < 4.78 is 6.90. The largest absolute Gasteiger partial charge is 0.377 e. The van der Waals surface area contributed by atoms with Gasteiger partial charge in [0, 0.05) is 33.8 Å². The number of hydrogen-bond acceptors (Lipinski definition) is 4. The molecule has 2 heterocycles. The van der Waals surface area contributed by atoms with E-state index in [4.69, 9.17) is 4.74 Å². The fourth-order valence-corrected chi connectivity index (χ4v) is 3.93. The number of ether oxygens (including phenoxy) is 1. The predicted molar refractivity (Wildman–Crippen MR) is 106 cm³/mol. The molecule has 24 heavy (non-hydrogen) atoms. The highest BCUT2D eigenvalue weighted by atomic mass is 127.